The molecule has 0 amide bonds. The summed E-state index contributed by atoms with van der Waals surface area (Å²) in [6.45, 7) is 0. The Balaban J connectivity index is 1.48. The standard InChI is InChI=1S/C22H25N7O3/c1-28-22-15(10-24-28)21(25-18(27-22)7-13-5-6-13)26-19-11-29(12-23-19)14-8-16(30-2)20(32-4)17(9-14)31-3/h8-13H,5-7H2,1-4H3,(H,25,26,27). The number of nitrogens with zero attached hydrogens (tertiary/aromatic N) is 6. The average Bonchev–Trinajstić information content (AvgIpc) is 3.36. The van der Waals surface area contributed by atoms with Crippen molar-refractivity contribution in [2.24, 2.45) is 13.0 Å². The summed E-state index contributed by atoms with van der Waals surface area (Å²) in [7, 11) is 6.65. The number of fused-ring (bicyclic) bond motifs is 1. The van der Waals surface area contributed by atoms with E-state index in [1.807, 2.05) is 29.9 Å². The summed E-state index contributed by atoms with van der Waals surface area (Å²) in [6, 6.07) is 3.73. The van der Waals surface area contributed by atoms with E-state index in [2.05, 4.69) is 15.4 Å². The molecule has 10 nitrogen and oxygen atoms in total. The Morgan fingerprint density at radius 3 is 2.47 bits per heavy atom. The molecule has 3 aromatic heterocycles. The number of rotatable bonds is 8. The zero-order chi connectivity index (χ0) is 22.2. The number of anilines is 2. The number of ether oxygens (including phenoxy) is 3. The van der Waals surface area contributed by atoms with E-state index in [9.17, 15) is 0 Å². The first kappa shape index (κ1) is 20.1. The summed E-state index contributed by atoms with van der Waals surface area (Å²) in [5.74, 6) is 4.56. The van der Waals surface area contributed by atoms with Crippen LogP contribution < -0.4 is 19.5 Å². The Morgan fingerprint density at radius 1 is 1.06 bits per heavy atom. The number of hydrogen-bond acceptors (Lipinski definition) is 8. The van der Waals surface area contributed by atoms with Gasteiger partial charge in [0.1, 0.15) is 23.8 Å². The lowest BCUT2D eigenvalue weighted by Gasteiger charge is -2.14. The molecule has 1 saturated carbocycles. The Morgan fingerprint density at radius 2 is 1.81 bits per heavy atom. The third-order valence-corrected chi connectivity index (χ3v) is 5.58. The third-order valence-electron chi connectivity index (χ3n) is 5.58. The molecule has 1 fully saturated rings. The summed E-state index contributed by atoms with van der Waals surface area (Å²) in [5.41, 5.74) is 1.63. The first-order valence-electron chi connectivity index (χ1n) is 10.4. The summed E-state index contributed by atoms with van der Waals surface area (Å²) in [5, 5.41) is 8.55. The smallest absolute Gasteiger partial charge is 0.203 e. The van der Waals surface area contributed by atoms with Crippen LogP contribution in [-0.4, -0.2) is 50.6 Å². The van der Waals surface area contributed by atoms with Crippen LogP contribution in [0.5, 0.6) is 17.2 Å². The fourth-order valence-corrected chi connectivity index (χ4v) is 3.70. The number of nitrogens with one attached hydrogen (secondary N) is 1. The Hall–Kier alpha value is -3.82. The molecule has 32 heavy (non-hydrogen) atoms. The van der Waals surface area contributed by atoms with E-state index in [4.69, 9.17) is 24.2 Å². The number of methoxy groups -OCH3 is 3. The maximum atomic E-state index is 5.46. The highest BCUT2D eigenvalue weighted by Gasteiger charge is 2.24. The molecule has 1 aliphatic carbocycles. The lowest BCUT2D eigenvalue weighted by molar-refractivity contribution is 0.324. The molecule has 1 N–H and O–H groups in total. The predicted molar refractivity (Wildman–Crippen MR) is 119 cm³/mol. The summed E-state index contributed by atoms with van der Waals surface area (Å²) in [4.78, 5) is 14.0. The zero-order valence-electron chi connectivity index (χ0n) is 18.5. The minimum absolute atomic E-state index is 0.542. The molecule has 0 aliphatic heterocycles. The second-order valence-corrected chi connectivity index (χ2v) is 7.82. The number of benzene rings is 1. The van der Waals surface area contributed by atoms with Gasteiger partial charge in [0.15, 0.2) is 17.1 Å². The van der Waals surface area contributed by atoms with Crippen LogP contribution in [0.25, 0.3) is 16.7 Å². The Labute approximate surface area is 185 Å². The molecule has 4 aromatic rings. The molecule has 1 aliphatic rings. The quantitative estimate of drug-likeness (QED) is 0.450. The monoisotopic (exact) mass is 435 g/mol. The Kier molecular flexibility index (Phi) is 5.04. The molecule has 0 saturated heterocycles. The Bertz CT molecular complexity index is 1250. The van der Waals surface area contributed by atoms with Crippen LogP contribution in [0.3, 0.4) is 0 Å². The first-order valence-corrected chi connectivity index (χ1v) is 10.4. The highest BCUT2D eigenvalue weighted by molar-refractivity contribution is 5.88. The van der Waals surface area contributed by atoms with Gasteiger partial charge in [-0.15, -0.1) is 0 Å². The van der Waals surface area contributed by atoms with Gasteiger partial charge in [-0.05, 0) is 18.8 Å². The molecule has 10 heteroatoms. The van der Waals surface area contributed by atoms with Crippen molar-refractivity contribution in [1.29, 1.82) is 0 Å². The lowest BCUT2D eigenvalue weighted by Crippen LogP contribution is -2.04. The summed E-state index contributed by atoms with van der Waals surface area (Å²) in [6.07, 6.45) is 8.75. The first-order chi connectivity index (χ1) is 15.6. The largest absolute Gasteiger partial charge is 0.493 e. The van der Waals surface area contributed by atoms with Crippen LogP contribution >= 0.6 is 0 Å². The lowest BCUT2D eigenvalue weighted by atomic mass is 10.2. The van der Waals surface area contributed by atoms with Gasteiger partial charge >= 0.3 is 0 Å². The van der Waals surface area contributed by atoms with E-state index in [0.29, 0.717) is 34.8 Å². The van der Waals surface area contributed by atoms with Gasteiger partial charge in [0.05, 0.1) is 44.8 Å². The second kappa shape index (κ2) is 8.03. The van der Waals surface area contributed by atoms with E-state index in [1.165, 1.54) is 12.8 Å². The minimum Gasteiger partial charge on any atom is -0.493 e. The molecule has 5 rings (SSSR count). The van der Waals surface area contributed by atoms with Crippen molar-refractivity contribution in [1.82, 2.24) is 29.3 Å². The second-order valence-electron chi connectivity index (χ2n) is 7.82. The zero-order valence-corrected chi connectivity index (χ0v) is 18.5. The van der Waals surface area contributed by atoms with Gasteiger partial charge < -0.3 is 24.1 Å². The fourth-order valence-electron chi connectivity index (χ4n) is 3.70. The van der Waals surface area contributed by atoms with Crippen molar-refractivity contribution in [2.75, 3.05) is 26.6 Å². The van der Waals surface area contributed by atoms with Gasteiger partial charge in [0, 0.05) is 25.6 Å². The topological polar surface area (TPSA) is 101 Å². The van der Waals surface area contributed by atoms with E-state index >= 15 is 0 Å². The molecule has 3 heterocycles. The van der Waals surface area contributed by atoms with Gasteiger partial charge in [-0.2, -0.15) is 5.10 Å². The van der Waals surface area contributed by atoms with Crippen molar-refractivity contribution in [3.63, 3.8) is 0 Å². The van der Waals surface area contributed by atoms with Gasteiger partial charge in [-0.1, -0.05) is 0 Å². The van der Waals surface area contributed by atoms with Crippen molar-refractivity contribution < 1.29 is 14.2 Å². The van der Waals surface area contributed by atoms with Crippen molar-refractivity contribution in [3.8, 4) is 22.9 Å². The fraction of sp³-hybridized carbons (Fsp3) is 0.364. The van der Waals surface area contributed by atoms with Crippen LogP contribution in [-0.2, 0) is 13.5 Å². The molecule has 0 bridgehead atoms. The van der Waals surface area contributed by atoms with Crippen LogP contribution in [0.4, 0.5) is 11.6 Å². The molecule has 0 atom stereocenters. The predicted octanol–water partition coefficient (Wildman–Crippen LogP) is 3.27. The minimum atomic E-state index is 0.542. The van der Waals surface area contributed by atoms with Crippen molar-refractivity contribution in [2.45, 2.75) is 19.3 Å². The molecular formula is C22H25N7O3. The van der Waals surface area contributed by atoms with Crippen LogP contribution in [0.1, 0.15) is 18.7 Å². The normalized spacial score (nSPS) is 13.4. The van der Waals surface area contributed by atoms with E-state index < -0.39 is 0 Å². The van der Waals surface area contributed by atoms with Crippen LogP contribution in [0.15, 0.2) is 30.9 Å². The van der Waals surface area contributed by atoms with Gasteiger partial charge in [-0.3, -0.25) is 4.68 Å². The molecular weight excluding hydrogens is 410 g/mol. The average molecular weight is 435 g/mol. The summed E-state index contributed by atoms with van der Waals surface area (Å²) < 4.78 is 20.0. The maximum absolute atomic E-state index is 5.46. The van der Waals surface area contributed by atoms with E-state index in [0.717, 1.165) is 29.0 Å². The van der Waals surface area contributed by atoms with E-state index in [-0.39, 0.29) is 0 Å². The van der Waals surface area contributed by atoms with Gasteiger partial charge in [0.25, 0.3) is 0 Å². The molecule has 0 spiro atoms. The molecule has 166 valence electrons. The van der Waals surface area contributed by atoms with Gasteiger partial charge in [0.2, 0.25) is 5.75 Å². The number of aromatic nitrogens is 6. The summed E-state index contributed by atoms with van der Waals surface area (Å²) >= 11 is 0. The molecule has 0 radical (unpaired) electrons. The van der Waals surface area contributed by atoms with Crippen molar-refractivity contribution >= 4 is 22.7 Å². The van der Waals surface area contributed by atoms with E-state index in [1.54, 1.807) is 38.5 Å². The number of imidazole rings is 1. The highest BCUT2D eigenvalue weighted by atomic mass is 16.5. The van der Waals surface area contributed by atoms with Gasteiger partial charge in [-0.25, -0.2) is 15.0 Å². The third kappa shape index (κ3) is 3.68. The molecule has 1 aromatic carbocycles. The van der Waals surface area contributed by atoms with Crippen LogP contribution in [0, 0.1) is 5.92 Å². The highest BCUT2D eigenvalue weighted by Crippen LogP contribution is 2.39. The van der Waals surface area contributed by atoms with Crippen LogP contribution in [0.2, 0.25) is 0 Å². The number of hydrogen-bond donors (Lipinski definition) is 1. The number of aryl methyl sites for hydroxylation is 1. The maximum Gasteiger partial charge on any atom is 0.203 e. The SMILES string of the molecule is COc1cc(-n2cnc(Nc3nc(CC4CC4)nc4c3cnn4C)c2)cc(OC)c1OC. The van der Waals surface area contributed by atoms with Crippen molar-refractivity contribution in [3.05, 3.63) is 36.7 Å². The molecule has 0 unspecified atom stereocenters.